The van der Waals surface area contributed by atoms with Gasteiger partial charge in [0.25, 0.3) is 0 Å². The zero-order valence-corrected chi connectivity index (χ0v) is 13.8. The summed E-state index contributed by atoms with van der Waals surface area (Å²) in [4.78, 5) is 0. The Morgan fingerprint density at radius 1 is 1.24 bits per heavy atom. The third-order valence-corrected chi connectivity index (χ3v) is 4.08. The van der Waals surface area contributed by atoms with Crippen molar-refractivity contribution >= 4 is 15.9 Å². The molecule has 2 aromatic carbocycles. The highest BCUT2D eigenvalue weighted by Crippen LogP contribution is 2.30. The van der Waals surface area contributed by atoms with Gasteiger partial charge in [-0.05, 0) is 49.7 Å². The van der Waals surface area contributed by atoms with Crippen LogP contribution in [-0.2, 0) is 6.42 Å². The Bertz CT molecular complexity index is 603. The van der Waals surface area contributed by atoms with E-state index in [1.54, 1.807) is 6.07 Å². The fourth-order valence-corrected chi connectivity index (χ4v) is 2.93. The molecule has 0 aromatic heterocycles. The second kappa shape index (κ2) is 7.57. The van der Waals surface area contributed by atoms with Crippen LogP contribution in [0.3, 0.4) is 0 Å². The van der Waals surface area contributed by atoms with Gasteiger partial charge in [-0.25, -0.2) is 4.39 Å². The van der Waals surface area contributed by atoms with Crippen molar-refractivity contribution in [3.63, 3.8) is 0 Å². The molecular formula is C17H19BrFNO. The van der Waals surface area contributed by atoms with Gasteiger partial charge in [0.1, 0.15) is 11.6 Å². The van der Waals surface area contributed by atoms with Crippen molar-refractivity contribution in [1.82, 2.24) is 5.32 Å². The number of nitrogens with one attached hydrogen (secondary N) is 1. The van der Waals surface area contributed by atoms with Crippen LogP contribution >= 0.6 is 15.9 Å². The highest BCUT2D eigenvalue weighted by atomic mass is 79.9. The van der Waals surface area contributed by atoms with Gasteiger partial charge in [-0.2, -0.15) is 0 Å². The maximum absolute atomic E-state index is 13.8. The van der Waals surface area contributed by atoms with E-state index in [4.69, 9.17) is 4.74 Å². The van der Waals surface area contributed by atoms with Crippen LogP contribution in [0.4, 0.5) is 4.39 Å². The molecule has 112 valence electrons. The van der Waals surface area contributed by atoms with E-state index >= 15 is 0 Å². The number of hydrogen-bond donors (Lipinski definition) is 1. The molecule has 0 bridgehead atoms. The van der Waals surface area contributed by atoms with Crippen molar-refractivity contribution in [2.45, 2.75) is 19.4 Å². The molecule has 0 aliphatic rings. The van der Waals surface area contributed by atoms with Gasteiger partial charge in [0.15, 0.2) is 0 Å². The molecule has 0 aliphatic carbocycles. The average Bonchev–Trinajstić information content (AvgIpc) is 2.48. The van der Waals surface area contributed by atoms with Gasteiger partial charge in [-0.1, -0.05) is 40.2 Å². The molecule has 0 radical (unpaired) electrons. The monoisotopic (exact) mass is 351 g/mol. The van der Waals surface area contributed by atoms with Crippen molar-refractivity contribution in [3.8, 4) is 5.75 Å². The summed E-state index contributed by atoms with van der Waals surface area (Å²) in [7, 11) is 1.88. The Labute approximate surface area is 133 Å². The number of hydrogen-bond acceptors (Lipinski definition) is 2. The molecule has 0 saturated heterocycles. The lowest BCUT2D eigenvalue weighted by atomic mass is 9.98. The standard InChI is InChI=1S/C17H19BrFNO/c1-3-21-13-8-9-14(15(18)11-13)17(20-2)10-12-6-4-5-7-16(12)19/h4-9,11,17,20H,3,10H2,1-2H3. The minimum Gasteiger partial charge on any atom is -0.494 e. The van der Waals surface area contributed by atoms with Crippen LogP contribution in [0.1, 0.15) is 24.1 Å². The number of benzene rings is 2. The molecule has 0 saturated carbocycles. The zero-order valence-electron chi connectivity index (χ0n) is 12.2. The molecule has 1 N–H and O–H groups in total. The Hall–Kier alpha value is -1.39. The number of rotatable bonds is 6. The van der Waals surface area contributed by atoms with E-state index in [1.165, 1.54) is 6.07 Å². The summed E-state index contributed by atoms with van der Waals surface area (Å²) in [5, 5.41) is 3.25. The first-order valence-electron chi connectivity index (χ1n) is 6.98. The van der Waals surface area contributed by atoms with E-state index in [-0.39, 0.29) is 11.9 Å². The molecule has 1 unspecified atom stereocenters. The summed E-state index contributed by atoms with van der Waals surface area (Å²) in [6, 6.07) is 12.8. The molecule has 4 heteroatoms. The van der Waals surface area contributed by atoms with Crippen LogP contribution in [0.2, 0.25) is 0 Å². The van der Waals surface area contributed by atoms with Crippen LogP contribution in [0, 0.1) is 5.82 Å². The molecule has 21 heavy (non-hydrogen) atoms. The molecule has 2 nitrogen and oxygen atoms in total. The van der Waals surface area contributed by atoms with E-state index in [0.29, 0.717) is 18.6 Å². The van der Waals surface area contributed by atoms with Crippen molar-refractivity contribution in [2.75, 3.05) is 13.7 Å². The van der Waals surface area contributed by atoms with E-state index in [0.717, 1.165) is 15.8 Å². The maximum atomic E-state index is 13.8. The predicted octanol–water partition coefficient (Wildman–Crippen LogP) is 4.49. The molecule has 0 aliphatic heterocycles. The minimum absolute atomic E-state index is 0.0342. The SMILES string of the molecule is CCOc1ccc(C(Cc2ccccc2F)NC)c(Br)c1. The first kappa shape index (κ1) is 16.0. The van der Waals surface area contributed by atoms with Crippen molar-refractivity contribution in [3.05, 3.63) is 63.9 Å². The molecule has 0 spiro atoms. The third-order valence-electron chi connectivity index (χ3n) is 3.39. The minimum atomic E-state index is -0.167. The summed E-state index contributed by atoms with van der Waals surface area (Å²) in [5.41, 5.74) is 1.79. The zero-order chi connectivity index (χ0) is 15.2. The van der Waals surface area contributed by atoms with Gasteiger partial charge in [-0.15, -0.1) is 0 Å². The fraction of sp³-hybridized carbons (Fsp3) is 0.294. The molecular weight excluding hydrogens is 333 g/mol. The van der Waals surface area contributed by atoms with Gasteiger partial charge >= 0.3 is 0 Å². The molecule has 2 aromatic rings. The topological polar surface area (TPSA) is 21.3 Å². The quantitative estimate of drug-likeness (QED) is 0.827. The summed E-state index contributed by atoms with van der Waals surface area (Å²) in [6.45, 7) is 2.59. The van der Waals surface area contributed by atoms with Crippen LogP contribution < -0.4 is 10.1 Å². The largest absolute Gasteiger partial charge is 0.494 e. The lowest BCUT2D eigenvalue weighted by Crippen LogP contribution is -2.19. The van der Waals surface area contributed by atoms with Crippen molar-refractivity contribution < 1.29 is 9.13 Å². The lowest BCUT2D eigenvalue weighted by molar-refractivity contribution is 0.340. The third kappa shape index (κ3) is 4.05. The summed E-state index contributed by atoms with van der Waals surface area (Å²) < 4.78 is 20.3. The highest BCUT2D eigenvalue weighted by Gasteiger charge is 2.15. The lowest BCUT2D eigenvalue weighted by Gasteiger charge is -2.19. The van der Waals surface area contributed by atoms with E-state index in [9.17, 15) is 4.39 Å². The predicted molar refractivity (Wildman–Crippen MR) is 87.2 cm³/mol. The van der Waals surface area contributed by atoms with Gasteiger partial charge in [0.2, 0.25) is 0 Å². The molecule has 0 fully saturated rings. The Kier molecular flexibility index (Phi) is 5.76. The molecule has 0 heterocycles. The van der Waals surface area contributed by atoms with Crippen LogP contribution in [0.15, 0.2) is 46.9 Å². The number of ether oxygens (including phenoxy) is 1. The van der Waals surface area contributed by atoms with Crippen molar-refractivity contribution in [1.29, 1.82) is 0 Å². The molecule has 2 rings (SSSR count). The fourth-order valence-electron chi connectivity index (χ4n) is 2.30. The Balaban J connectivity index is 2.23. The normalized spacial score (nSPS) is 12.2. The average molecular weight is 352 g/mol. The van der Waals surface area contributed by atoms with E-state index in [1.807, 2.05) is 44.3 Å². The number of likely N-dealkylation sites (N-methyl/N-ethyl adjacent to an activating group) is 1. The summed E-state index contributed by atoms with van der Waals surface area (Å²) in [6.07, 6.45) is 0.593. The summed E-state index contributed by atoms with van der Waals surface area (Å²) >= 11 is 3.58. The maximum Gasteiger partial charge on any atom is 0.126 e. The first-order chi connectivity index (χ1) is 10.2. The van der Waals surface area contributed by atoms with E-state index < -0.39 is 0 Å². The Morgan fingerprint density at radius 2 is 2.00 bits per heavy atom. The van der Waals surface area contributed by atoms with Gasteiger partial charge < -0.3 is 10.1 Å². The Morgan fingerprint density at radius 3 is 2.62 bits per heavy atom. The van der Waals surface area contributed by atoms with Gasteiger partial charge in [0, 0.05) is 10.5 Å². The number of halogens is 2. The van der Waals surface area contributed by atoms with Crippen LogP contribution in [-0.4, -0.2) is 13.7 Å². The molecule has 1 atom stereocenters. The second-order valence-electron chi connectivity index (χ2n) is 4.75. The van der Waals surface area contributed by atoms with Crippen molar-refractivity contribution in [2.24, 2.45) is 0 Å². The second-order valence-corrected chi connectivity index (χ2v) is 5.61. The first-order valence-corrected chi connectivity index (χ1v) is 7.78. The molecule has 0 amide bonds. The summed E-state index contributed by atoms with van der Waals surface area (Å²) in [5.74, 6) is 0.661. The van der Waals surface area contributed by atoms with Gasteiger partial charge in [0.05, 0.1) is 6.61 Å². The van der Waals surface area contributed by atoms with Crippen LogP contribution in [0.25, 0.3) is 0 Å². The van der Waals surface area contributed by atoms with E-state index in [2.05, 4.69) is 21.2 Å². The van der Waals surface area contributed by atoms with Crippen LogP contribution in [0.5, 0.6) is 5.75 Å². The smallest absolute Gasteiger partial charge is 0.126 e. The highest BCUT2D eigenvalue weighted by molar-refractivity contribution is 9.10. The van der Waals surface area contributed by atoms with Gasteiger partial charge in [-0.3, -0.25) is 0 Å².